The molecule has 1 aromatic rings. The maximum absolute atomic E-state index is 9.31. The number of aliphatic hydroxyl groups is 1. The molecule has 0 bridgehead atoms. The molecule has 76 valence electrons. The van der Waals surface area contributed by atoms with Gasteiger partial charge in [0, 0.05) is 10.1 Å². The minimum atomic E-state index is -0.240. The van der Waals surface area contributed by atoms with Gasteiger partial charge < -0.3 is 10.2 Å². The van der Waals surface area contributed by atoms with Gasteiger partial charge in [-0.25, -0.2) is 0 Å². The Morgan fingerprint density at radius 3 is 3.07 bits per heavy atom. The highest BCUT2D eigenvalue weighted by Gasteiger charge is 2.23. The Morgan fingerprint density at radius 1 is 1.57 bits per heavy atom. The van der Waals surface area contributed by atoms with Gasteiger partial charge in [-0.15, -0.1) is 11.8 Å². The number of phenols is 1. The fraction of sp³-hybridized carbons (Fsp3) is 0.455. The lowest BCUT2D eigenvalue weighted by Crippen LogP contribution is -2.10. The Hall–Kier alpha value is -0.670. The van der Waals surface area contributed by atoms with Crippen molar-refractivity contribution in [2.75, 3.05) is 0 Å². The van der Waals surface area contributed by atoms with E-state index in [-0.39, 0.29) is 6.10 Å². The molecule has 0 spiro atoms. The standard InChI is InChI=1S/C11H14O2S/c1-7(12)4-10-6-8-5-9(13)2-3-11(8)14-10/h2-3,5,7,10,12-13H,4,6H2,1H3. The Morgan fingerprint density at radius 2 is 2.36 bits per heavy atom. The predicted molar refractivity (Wildman–Crippen MR) is 57.8 cm³/mol. The first-order chi connectivity index (χ1) is 6.65. The molecule has 0 amide bonds. The minimum absolute atomic E-state index is 0.240. The van der Waals surface area contributed by atoms with Gasteiger partial charge in [-0.05, 0) is 43.5 Å². The van der Waals surface area contributed by atoms with E-state index < -0.39 is 0 Å². The van der Waals surface area contributed by atoms with Crippen molar-refractivity contribution < 1.29 is 10.2 Å². The zero-order valence-electron chi connectivity index (χ0n) is 8.10. The van der Waals surface area contributed by atoms with E-state index in [2.05, 4.69) is 0 Å². The summed E-state index contributed by atoms with van der Waals surface area (Å²) in [5, 5.41) is 19.1. The van der Waals surface area contributed by atoms with Crippen molar-refractivity contribution in [2.24, 2.45) is 0 Å². The van der Waals surface area contributed by atoms with Gasteiger partial charge in [-0.1, -0.05) is 0 Å². The molecular weight excluding hydrogens is 196 g/mol. The van der Waals surface area contributed by atoms with E-state index in [0.29, 0.717) is 11.0 Å². The molecule has 0 saturated heterocycles. The third-order valence-electron chi connectivity index (χ3n) is 2.39. The molecule has 14 heavy (non-hydrogen) atoms. The van der Waals surface area contributed by atoms with Crippen molar-refractivity contribution in [3.8, 4) is 5.75 Å². The van der Waals surface area contributed by atoms with Gasteiger partial charge in [-0.3, -0.25) is 0 Å². The van der Waals surface area contributed by atoms with Crippen molar-refractivity contribution in [1.29, 1.82) is 0 Å². The zero-order valence-corrected chi connectivity index (χ0v) is 8.92. The summed E-state index contributed by atoms with van der Waals surface area (Å²) in [5.41, 5.74) is 1.21. The van der Waals surface area contributed by atoms with Gasteiger partial charge in [0.05, 0.1) is 6.10 Å². The van der Waals surface area contributed by atoms with Crippen LogP contribution in [0.4, 0.5) is 0 Å². The van der Waals surface area contributed by atoms with Crippen molar-refractivity contribution in [2.45, 2.75) is 36.0 Å². The van der Waals surface area contributed by atoms with Crippen molar-refractivity contribution >= 4 is 11.8 Å². The molecule has 2 N–H and O–H groups in total. The molecule has 2 nitrogen and oxygen atoms in total. The average molecular weight is 210 g/mol. The largest absolute Gasteiger partial charge is 0.508 e. The first-order valence-electron chi connectivity index (χ1n) is 4.82. The molecule has 0 aromatic heterocycles. The van der Waals surface area contributed by atoms with Crippen molar-refractivity contribution in [3.05, 3.63) is 23.8 Å². The molecule has 3 heteroatoms. The summed E-state index contributed by atoms with van der Waals surface area (Å²) in [5.74, 6) is 0.335. The second-order valence-electron chi connectivity index (χ2n) is 3.82. The van der Waals surface area contributed by atoms with E-state index in [1.165, 1.54) is 10.5 Å². The lowest BCUT2D eigenvalue weighted by molar-refractivity contribution is 0.184. The van der Waals surface area contributed by atoms with Crippen molar-refractivity contribution in [3.63, 3.8) is 0 Å². The van der Waals surface area contributed by atoms with Crippen LogP contribution in [0.25, 0.3) is 0 Å². The number of benzene rings is 1. The van der Waals surface area contributed by atoms with E-state index in [1.807, 2.05) is 19.1 Å². The SMILES string of the molecule is CC(O)CC1Cc2cc(O)ccc2S1. The van der Waals surface area contributed by atoms with Crippen LogP contribution in [0.15, 0.2) is 23.1 Å². The van der Waals surface area contributed by atoms with Crippen LogP contribution in [0.2, 0.25) is 0 Å². The third-order valence-corrected chi connectivity index (χ3v) is 3.73. The van der Waals surface area contributed by atoms with Crippen LogP contribution in [-0.2, 0) is 6.42 Å². The van der Waals surface area contributed by atoms with Crippen LogP contribution in [0.3, 0.4) is 0 Å². The van der Waals surface area contributed by atoms with Crippen molar-refractivity contribution in [1.82, 2.24) is 0 Å². The zero-order chi connectivity index (χ0) is 10.1. The number of thioether (sulfide) groups is 1. The summed E-state index contributed by atoms with van der Waals surface area (Å²) in [4.78, 5) is 1.24. The summed E-state index contributed by atoms with van der Waals surface area (Å²) in [7, 11) is 0. The second kappa shape index (κ2) is 3.83. The van der Waals surface area contributed by atoms with Gasteiger partial charge in [0.25, 0.3) is 0 Å². The normalized spacial score (nSPS) is 22.0. The molecule has 2 atom stereocenters. The van der Waals surface area contributed by atoms with Crippen LogP contribution in [0.5, 0.6) is 5.75 Å². The van der Waals surface area contributed by atoms with Crippen LogP contribution in [0, 0.1) is 0 Å². The molecule has 1 aliphatic rings. The molecule has 0 aliphatic carbocycles. The fourth-order valence-corrected chi connectivity index (χ4v) is 3.26. The van der Waals surface area contributed by atoms with Gasteiger partial charge >= 0.3 is 0 Å². The number of hydrogen-bond acceptors (Lipinski definition) is 3. The lowest BCUT2D eigenvalue weighted by atomic mass is 10.1. The topological polar surface area (TPSA) is 40.5 Å². The Kier molecular flexibility index (Phi) is 2.70. The molecule has 1 heterocycles. The van der Waals surface area contributed by atoms with Crippen LogP contribution in [-0.4, -0.2) is 21.6 Å². The molecule has 0 fully saturated rings. The van der Waals surface area contributed by atoms with E-state index in [1.54, 1.807) is 17.8 Å². The molecule has 0 saturated carbocycles. The van der Waals surface area contributed by atoms with Gasteiger partial charge in [0.1, 0.15) is 5.75 Å². The Bertz CT molecular complexity index is 336. The number of aromatic hydroxyl groups is 1. The van der Waals surface area contributed by atoms with E-state index in [9.17, 15) is 10.2 Å². The van der Waals surface area contributed by atoms with Crippen LogP contribution < -0.4 is 0 Å². The maximum Gasteiger partial charge on any atom is 0.115 e. The lowest BCUT2D eigenvalue weighted by Gasteiger charge is -2.09. The van der Waals surface area contributed by atoms with E-state index in [4.69, 9.17) is 0 Å². The Labute approximate surface area is 88.0 Å². The smallest absolute Gasteiger partial charge is 0.115 e. The molecule has 1 aliphatic heterocycles. The summed E-state index contributed by atoms with van der Waals surface area (Å²) in [6.45, 7) is 1.82. The van der Waals surface area contributed by atoms with Gasteiger partial charge in [-0.2, -0.15) is 0 Å². The fourth-order valence-electron chi connectivity index (χ4n) is 1.82. The average Bonchev–Trinajstić information content (AvgIpc) is 2.44. The monoisotopic (exact) mass is 210 g/mol. The molecule has 2 unspecified atom stereocenters. The first-order valence-corrected chi connectivity index (χ1v) is 5.69. The number of fused-ring (bicyclic) bond motifs is 1. The predicted octanol–water partition coefficient (Wildman–Crippen LogP) is 2.18. The summed E-state index contributed by atoms with van der Waals surface area (Å²) < 4.78 is 0. The highest BCUT2D eigenvalue weighted by molar-refractivity contribution is 8.00. The molecule has 1 aromatic carbocycles. The van der Waals surface area contributed by atoms with E-state index in [0.717, 1.165) is 12.8 Å². The van der Waals surface area contributed by atoms with Crippen LogP contribution in [0.1, 0.15) is 18.9 Å². The first kappa shape index (κ1) is 9.87. The number of hydrogen-bond donors (Lipinski definition) is 2. The highest BCUT2D eigenvalue weighted by atomic mass is 32.2. The molecule has 2 rings (SSSR count). The second-order valence-corrected chi connectivity index (χ2v) is 5.16. The minimum Gasteiger partial charge on any atom is -0.508 e. The Balaban J connectivity index is 2.10. The van der Waals surface area contributed by atoms with Gasteiger partial charge in [0.2, 0.25) is 0 Å². The maximum atomic E-state index is 9.31. The number of aliphatic hydroxyl groups excluding tert-OH is 1. The summed E-state index contributed by atoms with van der Waals surface area (Å²) in [6, 6.07) is 5.50. The van der Waals surface area contributed by atoms with Gasteiger partial charge in [0.15, 0.2) is 0 Å². The number of rotatable bonds is 2. The highest BCUT2D eigenvalue weighted by Crippen LogP contribution is 2.40. The quantitative estimate of drug-likeness (QED) is 0.786. The third kappa shape index (κ3) is 2.04. The van der Waals surface area contributed by atoms with Crippen LogP contribution >= 0.6 is 11.8 Å². The summed E-state index contributed by atoms with van der Waals surface area (Å²) >= 11 is 1.80. The summed E-state index contributed by atoms with van der Waals surface area (Å²) in [6.07, 6.45) is 1.54. The number of phenolic OH excluding ortho intramolecular Hbond substituents is 1. The van der Waals surface area contributed by atoms with E-state index >= 15 is 0 Å². The molecule has 0 radical (unpaired) electrons. The molecular formula is C11H14O2S.